The number of amides is 4. The fourth-order valence-corrected chi connectivity index (χ4v) is 6.97. The molecule has 0 unspecified atom stereocenters. The van der Waals surface area contributed by atoms with E-state index in [4.69, 9.17) is 17.3 Å². The molecule has 5 N–H and O–H groups in total. The van der Waals surface area contributed by atoms with Crippen LogP contribution in [0.2, 0.25) is 5.02 Å². The van der Waals surface area contributed by atoms with Gasteiger partial charge in [-0.3, -0.25) is 14.3 Å². The Kier molecular flexibility index (Phi) is 7.50. The lowest BCUT2D eigenvalue weighted by Crippen LogP contribution is -2.50. The van der Waals surface area contributed by atoms with Crippen molar-refractivity contribution in [1.29, 1.82) is 0 Å². The molecule has 4 fully saturated rings. The first-order valence-corrected chi connectivity index (χ1v) is 15.7. The number of carbonyl (C=O) groups is 3. The van der Waals surface area contributed by atoms with Crippen LogP contribution in [0.1, 0.15) is 64.8 Å². The number of fused-ring (bicyclic) bond motifs is 1. The molecule has 3 aliphatic carbocycles. The number of benzene rings is 1. The third-order valence-corrected chi connectivity index (χ3v) is 9.83. The van der Waals surface area contributed by atoms with Crippen LogP contribution in [0.15, 0.2) is 30.6 Å². The summed E-state index contributed by atoms with van der Waals surface area (Å²) in [7, 11) is 1.45. The SMILES string of the molecule is Cn1c(-c2cn(C3CC3)nc2C(F)(F)F)cnc1C(=O)Nc1ccc(C(=O)N[C@H]2[C@@H]3CN(C(=O)N[C@@H]4CCC[C@@H]4N)C[C@@H]32)c(Cl)c1. The predicted molar refractivity (Wildman–Crippen MR) is 161 cm³/mol. The highest BCUT2D eigenvalue weighted by molar-refractivity contribution is 6.34. The number of hydrogen-bond donors (Lipinski definition) is 4. The summed E-state index contributed by atoms with van der Waals surface area (Å²) in [4.78, 5) is 44.6. The van der Waals surface area contributed by atoms with Crippen LogP contribution in [-0.2, 0) is 13.2 Å². The average molecular weight is 660 g/mol. The predicted octanol–water partition coefficient (Wildman–Crippen LogP) is 3.79. The van der Waals surface area contributed by atoms with Crippen molar-refractivity contribution in [2.45, 2.75) is 62.4 Å². The van der Waals surface area contributed by atoms with Crippen LogP contribution in [0.3, 0.4) is 0 Å². The largest absolute Gasteiger partial charge is 0.435 e. The molecule has 2 aromatic heterocycles. The van der Waals surface area contributed by atoms with Gasteiger partial charge in [0, 0.05) is 62.0 Å². The van der Waals surface area contributed by atoms with Crippen molar-refractivity contribution in [1.82, 2.24) is 34.9 Å². The molecule has 5 atom stereocenters. The molecule has 4 aliphatic rings. The van der Waals surface area contributed by atoms with Crippen LogP contribution in [0.5, 0.6) is 0 Å². The minimum Gasteiger partial charge on any atom is -0.349 e. The molecule has 244 valence electrons. The van der Waals surface area contributed by atoms with Crippen molar-refractivity contribution in [3.63, 3.8) is 0 Å². The number of carbonyl (C=O) groups excluding carboxylic acids is 3. The molecule has 3 aromatic rings. The van der Waals surface area contributed by atoms with Gasteiger partial charge in [-0.15, -0.1) is 0 Å². The van der Waals surface area contributed by atoms with E-state index < -0.39 is 17.8 Å². The highest BCUT2D eigenvalue weighted by Gasteiger charge is 2.57. The van der Waals surface area contributed by atoms with Crippen molar-refractivity contribution >= 4 is 35.1 Å². The van der Waals surface area contributed by atoms with Crippen LogP contribution in [0.25, 0.3) is 11.3 Å². The maximum Gasteiger partial charge on any atom is 0.435 e. The summed E-state index contributed by atoms with van der Waals surface area (Å²) < 4.78 is 43.8. The summed E-state index contributed by atoms with van der Waals surface area (Å²) in [6, 6.07) is 4.18. The van der Waals surface area contributed by atoms with Gasteiger partial charge in [0.2, 0.25) is 0 Å². The van der Waals surface area contributed by atoms with Crippen molar-refractivity contribution in [2.75, 3.05) is 18.4 Å². The summed E-state index contributed by atoms with van der Waals surface area (Å²) in [6.07, 6.45) is 2.21. The van der Waals surface area contributed by atoms with Gasteiger partial charge in [0.1, 0.15) is 0 Å². The van der Waals surface area contributed by atoms with Crippen LogP contribution >= 0.6 is 11.6 Å². The van der Waals surface area contributed by atoms with Gasteiger partial charge in [-0.1, -0.05) is 11.6 Å². The second-order valence-electron chi connectivity index (χ2n) is 12.7. The number of halogens is 4. The zero-order chi connectivity index (χ0) is 32.5. The molecular formula is C30H33ClF3N9O3. The van der Waals surface area contributed by atoms with E-state index >= 15 is 0 Å². The molecule has 12 nitrogen and oxygen atoms in total. The Labute approximate surface area is 266 Å². The quantitative estimate of drug-likeness (QED) is 0.303. The molecule has 3 heterocycles. The van der Waals surface area contributed by atoms with Gasteiger partial charge >= 0.3 is 12.2 Å². The zero-order valence-corrected chi connectivity index (χ0v) is 25.6. The summed E-state index contributed by atoms with van der Waals surface area (Å²) in [6.45, 7) is 1.11. The zero-order valence-electron chi connectivity index (χ0n) is 24.9. The number of alkyl halides is 3. The second-order valence-corrected chi connectivity index (χ2v) is 13.1. The summed E-state index contributed by atoms with van der Waals surface area (Å²) >= 11 is 6.42. The first kappa shape index (κ1) is 30.5. The number of piperidine rings is 1. The van der Waals surface area contributed by atoms with Crippen LogP contribution < -0.4 is 21.7 Å². The molecule has 1 aliphatic heterocycles. The van der Waals surface area contributed by atoms with Gasteiger partial charge in [-0.25, -0.2) is 9.78 Å². The topological polar surface area (TPSA) is 152 Å². The second kappa shape index (κ2) is 11.3. The highest BCUT2D eigenvalue weighted by Crippen LogP contribution is 2.46. The highest BCUT2D eigenvalue weighted by atomic mass is 35.5. The molecule has 1 aromatic carbocycles. The lowest BCUT2D eigenvalue weighted by Gasteiger charge is -2.25. The summed E-state index contributed by atoms with van der Waals surface area (Å²) in [5.41, 5.74) is 5.48. The molecule has 16 heteroatoms. The third kappa shape index (κ3) is 5.70. The fraction of sp³-hybridized carbons (Fsp3) is 0.500. The Morgan fingerprint density at radius 3 is 2.41 bits per heavy atom. The van der Waals surface area contributed by atoms with Crippen molar-refractivity contribution in [3.05, 3.63) is 52.7 Å². The first-order chi connectivity index (χ1) is 21.9. The number of nitrogens with zero attached hydrogens (tertiary/aromatic N) is 5. The van der Waals surface area contributed by atoms with E-state index in [2.05, 4.69) is 26.0 Å². The van der Waals surface area contributed by atoms with E-state index in [1.807, 2.05) is 0 Å². The van der Waals surface area contributed by atoms with Gasteiger partial charge in [-0.2, -0.15) is 18.3 Å². The molecule has 1 saturated heterocycles. The van der Waals surface area contributed by atoms with Gasteiger partial charge in [0.05, 0.1) is 34.1 Å². The van der Waals surface area contributed by atoms with Crippen molar-refractivity contribution in [2.24, 2.45) is 24.6 Å². The minimum atomic E-state index is -4.67. The lowest BCUT2D eigenvalue weighted by molar-refractivity contribution is -0.141. The number of nitrogens with one attached hydrogen (secondary N) is 3. The first-order valence-electron chi connectivity index (χ1n) is 15.3. The number of rotatable bonds is 7. The van der Waals surface area contributed by atoms with E-state index in [1.54, 1.807) is 4.90 Å². The molecule has 7 rings (SSSR count). The smallest absolute Gasteiger partial charge is 0.349 e. The molecule has 4 amide bonds. The van der Waals surface area contributed by atoms with Crippen LogP contribution in [-0.4, -0.2) is 73.3 Å². The molecule has 0 spiro atoms. The maximum atomic E-state index is 13.7. The van der Waals surface area contributed by atoms with Crippen LogP contribution in [0, 0.1) is 11.8 Å². The normalized spacial score (nSPS) is 25.3. The van der Waals surface area contributed by atoms with Gasteiger partial charge in [-0.05, 0) is 50.3 Å². The minimum absolute atomic E-state index is 0.00477. The average Bonchev–Trinajstić information content (AvgIpc) is 3.62. The molecular weight excluding hydrogens is 627 g/mol. The Balaban J connectivity index is 0.958. The molecule has 3 saturated carbocycles. The van der Waals surface area contributed by atoms with Crippen molar-refractivity contribution < 1.29 is 27.6 Å². The number of hydrogen-bond acceptors (Lipinski definition) is 6. The maximum absolute atomic E-state index is 13.7. The van der Waals surface area contributed by atoms with E-state index in [9.17, 15) is 27.6 Å². The third-order valence-electron chi connectivity index (χ3n) is 9.52. The fourth-order valence-electron chi connectivity index (χ4n) is 6.70. The van der Waals surface area contributed by atoms with Crippen molar-refractivity contribution in [3.8, 4) is 11.3 Å². The molecule has 0 radical (unpaired) electrons. The standard InChI is InChI=1S/C30H33ClF3N9O3/c1-41-23(19-13-43(15-6-7-15)40-25(19)30(32,33)34)10-36-26(41)28(45)37-14-5-8-16(20(31)9-14)27(44)39-24-17-11-42(12-18(17)24)29(46)38-22-4-2-3-21(22)35/h5,8-10,13,15,17-18,21-22,24H,2-4,6-7,11-12,35H2,1H3,(H,37,45)(H,38,46)(H,39,44)/t17-,18+,21-,22+,24+/m0/s1. The lowest BCUT2D eigenvalue weighted by atomic mass is 10.2. The van der Waals surface area contributed by atoms with Crippen LogP contribution in [0.4, 0.5) is 23.7 Å². The number of urea groups is 1. The molecule has 46 heavy (non-hydrogen) atoms. The number of imidazole rings is 1. The Morgan fingerprint density at radius 1 is 1.04 bits per heavy atom. The van der Waals surface area contributed by atoms with Gasteiger partial charge in [0.25, 0.3) is 11.8 Å². The molecule has 0 bridgehead atoms. The monoisotopic (exact) mass is 659 g/mol. The van der Waals surface area contributed by atoms with Gasteiger partial charge in [0.15, 0.2) is 11.5 Å². The van der Waals surface area contributed by atoms with E-state index in [-0.39, 0.29) is 81.3 Å². The van der Waals surface area contributed by atoms with E-state index in [1.165, 1.54) is 46.9 Å². The Bertz CT molecular complexity index is 1710. The summed E-state index contributed by atoms with van der Waals surface area (Å²) in [5, 5.41) is 12.6. The Morgan fingerprint density at radius 2 is 1.78 bits per heavy atom. The number of nitrogens with two attached hydrogens (primary N) is 1. The number of likely N-dealkylation sites (tertiary alicyclic amines) is 1. The van der Waals surface area contributed by atoms with E-state index in [0.717, 1.165) is 32.1 Å². The number of aromatic nitrogens is 4. The number of anilines is 1. The summed E-state index contributed by atoms with van der Waals surface area (Å²) in [5.74, 6) is -0.811. The Hall–Kier alpha value is -4.11. The van der Waals surface area contributed by atoms with Gasteiger partial charge < -0.3 is 31.2 Å². The van der Waals surface area contributed by atoms with E-state index in [0.29, 0.717) is 13.1 Å².